The van der Waals surface area contributed by atoms with E-state index in [1.165, 1.54) is 18.4 Å². The summed E-state index contributed by atoms with van der Waals surface area (Å²) in [5.41, 5.74) is 1.27. The molecule has 1 atom stereocenters. The van der Waals surface area contributed by atoms with Crippen LogP contribution >= 0.6 is 0 Å². The molecule has 1 aliphatic carbocycles. The fourth-order valence-corrected chi connectivity index (χ4v) is 5.21. The summed E-state index contributed by atoms with van der Waals surface area (Å²) in [6, 6.07) is 10.4. The summed E-state index contributed by atoms with van der Waals surface area (Å²) in [6.45, 7) is 6.87. The van der Waals surface area contributed by atoms with Crippen molar-refractivity contribution in [2.75, 3.05) is 45.8 Å². The normalized spacial score (nSPS) is 23.7. The fraction of sp³-hybridized carbons (Fsp3) is 0.667. The van der Waals surface area contributed by atoms with E-state index in [1.807, 2.05) is 6.07 Å². The van der Waals surface area contributed by atoms with E-state index < -0.39 is 0 Å². The Hall–Kier alpha value is -1.92. The highest BCUT2D eigenvalue weighted by Gasteiger charge is 2.31. The molecule has 6 heteroatoms. The average Bonchev–Trinajstić information content (AvgIpc) is 3.47. The number of nitrogens with one attached hydrogen (secondary N) is 1. The summed E-state index contributed by atoms with van der Waals surface area (Å²) in [6.07, 6.45) is 6.60. The molecule has 1 saturated carbocycles. The van der Waals surface area contributed by atoms with Crippen molar-refractivity contribution in [2.45, 2.75) is 51.1 Å². The highest BCUT2D eigenvalue weighted by molar-refractivity contribution is 5.82. The number of likely N-dealkylation sites (tertiary alicyclic amines) is 1. The molecule has 4 rings (SSSR count). The Morgan fingerprint density at radius 2 is 1.63 bits per heavy atom. The molecule has 2 saturated heterocycles. The van der Waals surface area contributed by atoms with Crippen molar-refractivity contribution in [2.24, 2.45) is 5.92 Å². The molecule has 6 nitrogen and oxygen atoms in total. The van der Waals surface area contributed by atoms with Crippen molar-refractivity contribution in [3.05, 3.63) is 35.9 Å². The maximum Gasteiger partial charge on any atom is 0.237 e. The molecule has 1 N–H and O–H groups in total. The first kappa shape index (κ1) is 21.3. The van der Waals surface area contributed by atoms with E-state index in [4.69, 9.17) is 0 Å². The molecule has 0 bridgehead atoms. The van der Waals surface area contributed by atoms with Gasteiger partial charge in [-0.15, -0.1) is 0 Å². The van der Waals surface area contributed by atoms with Gasteiger partial charge in [-0.25, -0.2) is 0 Å². The summed E-state index contributed by atoms with van der Waals surface area (Å²) in [5, 5.41) is 3.16. The van der Waals surface area contributed by atoms with Crippen molar-refractivity contribution in [1.82, 2.24) is 20.0 Å². The zero-order chi connectivity index (χ0) is 20.8. The monoisotopic (exact) mass is 412 g/mol. The number of benzene rings is 1. The van der Waals surface area contributed by atoms with E-state index in [1.54, 1.807) is 0 Å². The lowest BCUT2D eigenvalue weighted by Gasteiger charge is -2.36. The predicted octanol–water partition coefficient (Wildman–Crippen LogP) is 2.10. The number of hydrogen-bond donors (Lipinski definition) is 1. The first-order valence-corrected chi connectivity index (χ1v) is 11.8. The third-order valence-corrected chi connectivity index (χ3v) is 7.01. The lowest BCUT2D eigenvalue weighted by atomic mass is 10.1. The van der Waals surface area contributed by atoms with Crippen molar-refractivity contribution < 1.29 is 9.59 Å². The molecule has 2 amide bonds. The molecular weight excluding hydrogens is 376 g/mol. The van der Waals surface area contributed by atoms with E-state index >= 15 is 0 Å². The van der Waals surface area contributed by atoms with Gasteiger partial charge in [-0.05, 0) is 37.8 Å². The van der Waals surface area contributed by atoms with Crippen LogP contribution in [0.5, 0.6) is 0 Å². The minimum absolute atomic E-state index is 0.00825. The van der Waals surface area contributed by atoms with Crippen LogP contribution in [0.15, 0.2) is 30.3 Å². The third-order valence-electron chi connectivity index (χ3n) is 7.01. The summed E-state index contributed by atoms with van der Waals surface area (Å²) >= 11 is 0. The second kappa shape index (κ2) is 10.4. The topological polar surface area (TPSA) is 55.9 Å². The van der Waals surface area contributed by atoms with E-state index in [-0.39, 0.29) is 17.9 Å². The second-order valence-corrected chi connectivity index (χ2v) is 9.05. The van der Waals surface area contributed by atoms with Crippen LogP contribution in [0.1, 0.15) is 44.1 Å². The predicted molar refractivity (Wildman–Crippen MR) is 118 cm³/mol. The van der Waals surface area contributed by atoms with Crippen LogP contribution < -0.4 is 5.32 Å². The average molecular weight is 413 g/mol. The Bertz CT molecular complexity index is 696. The molecule has 0 spiro atoms. The third kappa shape index (κ3) is 5.41. The SMILES string of the molecule is O=C(NCCN1CCN(C(=O)C2CCCC2)CC1)C1CCCN1Cc1ccccc1. The van der Waals surface area contributed by atoms with Gasteiger partial charge in [0.1, 0.15) is 0 Å². The highest BCUT2D eigenvalue weighted by Crippen LogP contribution is 2.27. The second-order valence-electron chi connectivity index (χ2n) is 9.05. The van der Waals surface area contributed by atoms with Gasteiger partial charge in [0.25, 0.3) is 0 Å². The molecule has 3 aliphatic rings. The van der Waals surface area contributed by atoms with Crippen LogP contribution in [-0.2, 0) is 16.1 Å². The number of hydrogen-bond acceptors (Lipinski definition) is 4. The van der Waals surface area contributed by atoms with E-state index in [0.717, 1.165) is 71.5 Å². The molecule has 0 aromatic heterocycles. The van der Waals surface area contributed by atoms with Crippen molar-refractivity contribution in [3.8, 4) is 0 Å². The van der Waals surface area contributed by atoms with Gasteiger partial charge in [-0.1, -0.05) is 43.2 Å². The zero-order valence-corrected chi connectivity index (χ0v) is 18.1. The summed E-state index contributed by atoms with van der Waals surface area (Å²) in [7, 11) is 0. The molecule has 0 radical (unpaired) electrons. The number of piperazine rings is 1. The Labute approximate surface area is 180 Å². The fourth-order valence-electron chi connectivity index (χ4n) is 5.21. The zero-order valence-electron chi connectivity index (χ0n) is 18.1. The number of carbonyl (C=O) groups is 2. The van der Waals surface area contributed by atoms with Gasteiger partial charge in [0.15, 0.2) is 0 Å². The summed E-state index contributed by atoms with van der Waals surface area (Å²) in [5.74, 6) is 0.819. The smallest absolute Gasteiger partial charge is 0.237 e. The van der Waals surface area contributed by atoms with Crippen molar-refractivity contribution >= 4 is 11.8 Å². The number of carbonyl (C=O) groups excluding carboxylic acids is 2. The number of nitrogens with zero attached hydrogens (tertiary/aromatic N) is 3. The molecule has 2 aliphatic heterocycles. The van der Waals surface area contributed by atoms with Crippen LogP contribution in [0.3, 0.4) is 0 Å². The first-order valence-electron chi connectivity index (χ1n) is 11.8. The number of amides is 2. The minimum atomic E-state index is -0.00825. The summed E-state index contributed by atoms with van der Waals surface area (Å²) in [4.78, 5) is 32.1. The molecule has 2 heterocycles. The lowest BCUT2D eigenvalue weighted by Crippen LogP contribution is -2.52. The molecule has 1 aromatic carbocycles. The van der Waals surface area contributed by atoms with E-state index in [2.05, 4.69) is 44.3 Å². The van der Waals surface area contributed by atoms with Gasteiger partial charge in [0.2, 0.25) is 11.8 Å². The van der Waals surface area contributed by atoms with Gasteiger partial charge >= 0.3 is 0 Å². The standard InChI is InChI=1S/C24H36N4O2/c29-23(22-11-6-13-28(22)19-20-7-2-1-3-8-20)25-12-14-26-15-17-27(18-16-26)24(30)21-9-4-5-10-21/h1-3,7-8,21-22H,4-6,9-19H2,(H,25,29). The number of rotatable bonds is 7. The lowest BCUT2D eigenvalue weighted by molar-refractivity contribution is -0.137. The highest BCUT2D eigenvalue weighted by atomic mass is 16.2. The minimum Gasteiger partial charge on any atom is -0.353 e. The van der Waals surface area contributed by atoms with Crippen LogP contribution in [0.4, 0.5) is 0 Å². The molecule has 1 unspecified atom stereocenters. The molecule has 164 valence electrons. The molecular formula is C24H36N4O2. The van der Waals surface area contributed by atoms with Crippen LogP contribution in [0.25, 0.3) is 0 Å². The van der Waals surface area contributed by atoms with Crippen LogP contribution in [0, 0.1) is 5.92 Å². The maximum absolute atomic E-state index is 12.8. The van der Waals surface area contributed by atoms with E-state index in [0.29, 0.717) is 12.5 Å². The van der Waals surface area contributed by atoms with Crippen LogP contribution in [0.2, 0.25) is 0 Å². The maximum atomic E-state index is 12.8. The van der Waals surface area contributed by atoms with Crippen molar-refractivity contribution in [3.63, 3.8) is 0 Å². The largest absolute Gasteiger partial charge is 0.353 e. The Morgan fingerprint density at radius 1 is 0.900 bits per heavy atom. The van der Waals surface area contributed by atoms with Gasteiger partial charge in [-0.3, -0.25) is 19.4 Å². The van der Waals surface area contributed by atoms with Gasteiger partial charge in [0, 0.05) is 51.7 Å². The van der Waals surface area contributed by atoms with Gasteiger partial charge in [-0.2, -0.15) is 0 Å². The van der Waals surface area contributed by atoms with E-state index in [9.17, 15) is 9.59 Å². The summed E-state index contributed by atoms with van der Waals surface area (Å²) < 4.78 is 0. The molecule has 3 fully saturated rings. The Balaban J connectivity index is 1.16. The molecule has 30 heavy (non-hydrogen) atoms. The first-order chi connectivity index (χ1) is 14.7. The quantitative estimate of drug-likeness (QED) is 0.745. The van der Waals surface area contributed by atoms with Gasteiger partial charge < -0.3 is 10.2 Å². The van der Waals surface area contributed by atoms with Crippen LogP contribution in [-0.4, -0.2) is 78.4 Å². The molecule has 1 aromatic rings. The van der Waals surface area contributed by atoms with Crippen molar-refractivity contribution in [1.29, 1.82) is 0 Å². The Kier molecular flexibility index (Phi) is 7.39. The van der Waals surface area contributed by atoms with Gasteiger partial charge in [0.05, 0.1) is 6.04 Å². The Morgan fingerprint density at radius 3 is 2.37 bits per heavy atom.